The van der Waals surface area contributed by atoms with E-state index in [-0.39, 0.29) is 11.0 Å². The molecule has 0 aliphatic heterocycles. The third-order valence-electron chi connectivity index (χ3n) is 2.41. The summed E-state index contributed by atoms with van der Waals surface area (Å²) >= 11 is 0. The van der Waals surface area contributed by atoms with Crippen LogP contribution in [0.15, 0.2) is 18.5 Å². The Morgan fingerprint density at radius 3 is 2.44 bits per heavy atom. The Balaban J connectivity index is 2.38. The summed E-state index contributed by atoms with van der Waals surface area (Å²) in [5.41, 5.74) is 0.000439. The molecule has 2 aromatic rings. The molecule has 0 amide bonds. The fourth-order valence-corrected chi connectivity index (χ4v) is 1.49. The standard InChI is InChI=1S/C10H7F5N2O/c11-5-1-7-8(2-6(5)12)17(4-16-7)3-9(18)10(13,14)15/h1-2,4,9,18H,3H2. The maximum atomic E-state index is 13.0. The number of rotatable bonds is 2. The number of fused-ring (bicyclic) bond motifs is 1. The van der Waals surface area contributed by atoms with Gasteiger partial charge in [0.2, 0.25) is 0 Å². The lowest BCUT2D eigenvalue weighted by Crippen LogP contribution is -2.32. The van der Waals surface area contributed by atoms with Crippen LogP contribution in [0, 0.1) is 11.6 Å². The highest BCUT2D eigenvalue weighted by molar-refractivity contribution is 5.75. The van der Waals surface area contributed by atoms with Gasteiger partial charge in [0, 0.05) is 12.1 Å². The van der Waals surface area contributed by atoms with Crippen molar-refractivity contribution in [2.75, 3.05) is 0 Å². The number of aromatic nitrogens is 2. The van der Waals surface area contributed by atoms with Crippen LogP contribution in [0.3, 0.4) is 0 Å². The Bertz CT molecular complexity index is 577. The molecule has 1 aromatic carbocycles. The smallest absolute Gasteiger partial charge is 0.382 e. The zero-order chi connectivity index (χ0) is 13.5. The lowest BCUT2D eigenvalue weighted by Gasteiger charge is -2.15. The molecule has 2 rings (SSSR count). The van der Waals surface area contributed by atoms with E-state index in [1.807, 2.05) is 0 Å². The largest absolute Gasteiger partial charge is 0.416 e. The first-order chi connectivity index (χ1) is 8.29. The second-order valence-corrected chi connectivity index (χ2v) is 3.71. The number of aliphatic hydroxyl groups excluding tert-OH is 1. The Hall–Kier alpha value is -1.70. The van der Waals surface area contributed by atoms with Crippen LogP contribution in [0.5, 0.6) is 0 Å². The van der Waals surface area contributed by atoms with E-state index in [0.717, 1.165) is 23.0 Å². The Morgan fingerprint density at radius 1 is 1.22 bits per heavy atom. The molecule has 1 N–H and O–H groups in total. The Kier molecular flexibility index (Phi) is 2.97. The first-order valence-corrected chi connectivity index (χ1v) is 4.83. The molecule has 0 aliphatic carbocycles. The van der Waals surface area contributed by atoms with Crippen LogP contribution in [-0.4, -0.2) is 26.9 Å². The molecule has 0 saturated carbocycles. The molecular formula is C10H7F5N2O. The minimum atomic E-state index is -4.78. The van der Waals surface area contributed by atoms with Crippen LogP contribution in [0.1, 0.15) is 0 Å². The summed E-state index contributed by atoms with van der Waals surface area (Å²) in [4.78, 5) is 3.63. The average Bonchev–Trinajstić information content (AvgIpc) is 2.61. The molecule has 1 aromatic heterocycles. The molecule has 0 radical (unpaired) electrons. The van der Waals surface area contributed by atoms with Crippen LogP contribution in [0.25, 0.3) is 11.0 Å². The lowest BCUT2D eigenvalue weighted by molar-refractivity contribution is -0.207. The number of aliphatic hydroxyl groups is 1. The molecule has 18 heavy (non-hydrogen) atoms. The van der Waals surface area contributed by atoms with Gasteiger partial charge in [0.25, 0.3) is 0 Å². The zero-order valence-corrected chi connectivity index (χ0v) is 8.75. The maximum absolute atomic E-state index is 13.0. The van der Waals surface area contributed by atoms with Crippen molar-refractivity contribution in [3.63, 3.8) is 0 Å². The minimum Gasteiger partial charge on any atom is -0.382 e. The van der Waals surface area contributed by atoms with Crippen LogP contribution >= 0.6 is 0 Å². The van der Waals surface area contributed by atoms with E-state index in [1.54, 1.807) is 0 Å². The Morgan fingerprint density at radius 2 is 1.83 bits per heavy atom. The van der Waals surface area contributed by atoms with Gasteiger partial charge < -0.3 is 9.67 Å². The van der Waals surface area contributed by atoms with Crippen molar-refractivity contribution in [3.8, 4) is 0 Å². The van der Waals surface area contributed by atoms with Crippen LogP contribution in [0.4, 0.5) is 22.0 Å². The van der Waals surface area contributed by atoms with E-state index in [9.17, 15) is 22.0 Å². The fourth-order valence-electron chi connectivity index (χ4n) is 1.49. The average molecular weight is 266 g/mol. The summed E-state index contributed by atoms with van der Waals surface area (Å²) in [7, 11) is 0. The van der Waals surface area contributed by atoms with E-state index in [0.29, 0.717) is 0 Å². The van der Waals surface area contributed by atoms with E-state index in [1.165, 1.54) is 0 Å². The summed E-state index contributed by atoms with van der Waals surface area (Å²) in [5, 5.41) is 8.90. The number of alkyl halides is 3. The minimum absolute atomic E-state index is 0.0165. The number of halogens is 5. The molecule has 3 nitrogen and oxygen atoms in total. The van der Waals surface area contributed by atoms with E-state index < -0.39 is 30.5 Å². The van der Waals surface area contributed by atoms with Crippen molar-refractivity contribution in [1.82, 2.24) is 9.55 Å². The van der Waals surface area contributed by atoms with Gasteiger partial charge >= 0.3 is 6.18 Å². The van der Waals surface area contributed by atoms with Gasteiger partial charge in [-0.2, -0.15) is 13.2 Å². The number of benzene rings is 1. The topological polar surface area (TPSA) is 38.0 Å². The van der Waals surface area contributed by atoms with Crippen LogP contribution < -0.4 is 0 Å². The highest BCUT2D eigenvalue weighted by Crippen LogP contribution is 2.23. The molecule has 8 heteroatoms. The molecule has 0 aliphatic rings. The molecule has 0 spiro atoms. The lowest BCUT2D eigenvalue weighted by atomic mass is 10.2. The van der Waals surface area contributed by atoms with E-state index in [2.05, 4.69) is 4.98 Å². The highest BCUT2D eigenvalue weighted by atomic mass is 19.4. The molecule has 98 valence electrons. The van der Waals surface area contributed by atoms with Gasteiger partial charge in [-0.25, -0.2) is 13.8 Å². The monoisotopic (exact) mass is 266 g/mol. The second-order valence-electron chi connectivity index (χ2n) is 3.71. The summed E-state index contributed by atoms with van der Waals surface area (Å²) in [6.45, 7) is -0.828. The van der Waals surface area contributed by atoms with Crippen molar-refractivity contribution in [2.45, 2.75) is 18.8 Å². The van der Waals surface area contributed by atoms with Gasteiger partial charge in [-0.3, -0.25) is 0 Å². The first-order valence-electron chi connectivity index (χ1n) is 4.83. The van der Waals surface area contributed by atoms with Gasteiger partial charge in [-0.1, -0.05) is 0 Å². The van der Waals surface area contributed by atoms with Gasteiger partial charge in [0.15, 0.2) is 17.7 Å². The number of hydrogen-bond acceptors (Lipinski definition) is 2. The molecular weight excluding hydrogens is 259 g/mol. The summed E-state index contributed by atoms with van der Waals surface area (Å²) in [5.74, 6) is -2.32. The molecule has 1 atom stereocenters. The van der Waals surface area contributed by atoms with Gasteiger partial charge in [-0.05, 0) is 0 Å². The predicted octanol–water partition coefficient (Wildman–Crippen LogP) is 2.24. The molecule has 0 saturated heterocycles. The third-order valence-corrected chi connectivity index (χ3v) is 2.41. The van der Waals surface area contributed by atoms with Crippen molar-refractivity contribution in [2.24, 2.45) is 0 Å². The quantitative estimate of drug-likeness (QED) is 0.846. The summed E-state index contributed by atoms with van der Waals surface area (Å²) in [6, 6.07) is 1.52. The number of hydrogen-bond donors (Lipinski definition) is 1. The maximum Gasteiger partial charge on any atom is 0.416 e. The Labute approximate surface area is 97.5 Å². The zero-order valence-electron chi connectivity index (χ0n) is 8.75. The van der Waals surface area contributed by atoms with Crippen LogP contribution in [-0.2, 0) is 6.54 Å². The van der Waals surface area contributed by atoms with Crippen molar-refractivity contribution >= 4 is 11.0 Å². The summed E-state index contributed by atoms with van der Waals surface area (Å²) < 4.78 is 63.2. The third kappa shape index (κ3) is 2.28. The number of imidazole rings is 1. The van der Waals surface area contributed by atoms with E-state index in [4.69, 9.17) is 5.11 Å². The van der Waals surface area contributed by atoms with Crippen molar-refractivity contribution < 1.29 is 27.1 Å². The first kappa shape index (κ1) is 12.7. The van der Waals surface area contributed by atoms with Gasteiger partial charge in [0.05, 0.1) is 23.9 Å². The van der Waals surface area contributed by atoms with E-state index >= 15 is 0 Å². The van der Waals surface area contributed by atoms with Gasteiger partial charge in [-0.15, -0.1) is 0 Å². The fraction of sp³-hybridized carbons (Fsp3) is 0.300. The van der Waals surface area contributed by atoms with Crippen molar-refractivity contribution in [1.29, 1.82) is 0 Å². The van der Waals surface area contributed by atoms with Crippen molar-refractivity contribution in [3.05, 3.63) is 30.1 Å². The highest BCUT2D eigenvalue weighted by Gasteiger charge is 2.38. The second kappa shape index (κ2) is 4.20. The molecule has 0 fully saturated rings. The van der Waals surface area contributed by atoms with Crippen LogP contribution in [0.2, 0.25) is 0 Å². The summed E-state index contributed by atoms with van der Waals surface area (Å²) in [6.07, 6.45) is -6.39. The SMILES string of the molecule is OC(Cn1cnc2cc(F)c(F)cc21)C(F)(F)F. The normalized spacial score (nSPS) is 14.1. The number of nitrogens with zero attached hydrogens (tertiary/aromatic N) is 2. The molecule has 1 unspecified atom stereocenters. The molecule has 1 heterocycles. The van der Waals surface area contributed by atoms with Gasteiger partial charge in [0.1, 0.15) is 0 Å². The predicted molar refractivity (Wildman–Crippen MR) is 51.7 cm³/mol. The molecule has 0 bridgehead atoms.